The maximum atomic E-state index is 12.1. The maximum Gasteiger partial charge on any atom is 0.274 e. The van der Waals surface area contributed by atoms with Crippen LogP contribution in [0.25, 0.3) is 0 Å². The highest BCUT2D eigenvalue weighted by Gasteiger charge is 2.27. The van der Waals surface area contributed by atoms with E-state index in [2.05, 4.69) is 18.9 Å². The first kappa shape index (κ1) is 11.2. The van der Waals surface area contributed by atoms with Gasteiger partial charge < -0.3 is 4.90 Å². The molecule has 0 atom stereocenters. The molecule has 1 heterocycles. The van der Waals surface area contributed by atoms with Crippen molar-refractivity contribution in [1.29, 1.82) is 0 Å². The standard InChI is InChI=1S/C12H19N3O/c1-9(2)15-8-7-11(13-15)12(16)14(3)10-5-4-6-10/h7-10H,4-6H2,1-3H3. The summed E-state index contributed by atoms with van der Waals surface area (Å²) in [5, 5.41) is 4.30. The molecule has 16 heavy (non-hydrogen) atoms. The minimum Gasteiger partial charge on any atom is -0.337 e. The highest BCUT2D eigenvalue weighted by atomic mass is 16.2. The van der Waals surface area contributed by atoms with Crippen molar-refractivity contribution in [3.63, 3.8) is 0 Å². The number of carbonyl (C=O) groups excluding carboxylic acids is 1. The molecular weight excluding hydrogens is 202 g/mol. The quantitative estimate of drug-likeness (QED) is 0.783. The Labute approximate surface area is 96.2 Å². The van der Waals surface area contributed by atoms with Crippen LogP contribution < -0.4 is 0 Å². The lowest BCUT2D eigenvalue weighted by atomic mass is 9.92. The topological polar surface area (TPSA) is 38.1 Å². The van der Waals surface area contributed by atoms with Gasteiger partial charge in [-0.15, -0.1) is 0 Å². The van der Waals surface area contributed by atoms with E-state index in [9.17, 15) is 4.79 Å². The molecule has 4 nitrogen and oxygen atoms in total. The fourth-order valence-electron chi connectivity index (χ4n) is 1.86. The molecule has 1 aromatic heterocycles. The highest BCUT2D eigenvalue weighted by Crippen LogP contribution is 2.24. The highest BCUT2D eigenvalue weighted by molar-refractivity contribution is 5.92. The van der Waals surface area contributed by atoms with E-state index in [4.69, 9.17) is 0 Å². The number of nitrogens with zero attached hydrogens (tertiary/aromatic N) is 3. The minimum atomic E-state index is 0.0455. The van der Waals surface area contributed by atoms with Gasteiger partial charge in [-0.25, -0.2) is 0 Å². The molecule has 0 unspecified atom stereocenters. The van der Waals surface area contributed by atoms with Gasteiger partial charge in [0, 0.05) is 25.3 Å². The smallest absolute Gasteiger partial charge is 0.274 e. The Bertz CT molecular complexity index is 379. The third kappa shape index (κ3) is 1.96. The van der Waals surface area contributed by atoms with Crippen LogP contribution >= 0.6 is 0 Å². The van der Waals surface area contributed by atoms with Gasteiger partial charge in [-0.1, -0.05) is 0 Å². The SMILES string of the molecule is CC(C)n1ccc(C(=O)N(C)C2CCC2)n1. The van der Waals surface area contributed by atoms with Crippen LogP contribution in [0.1, 0.15) is 49.6 Å². The van der Waals surface area contributed by atoms with Gasteiger partial charge in [0.2, 0.25) is 0 Å². The lowest BCUT2D eigenvalue weighted by Crippen LogP contribution is -2.41. The first-order valence-electron chi connectivity index (χ1n) is 5.92. The second-order valence-electron chi connectivity index (χ2n) is 4.78. The van der Waals surface area contributed by atoms with Crippen LogP contribution in [-0.2, 0) is 0 Å². The van der Waals surface area contributed by atoms with E-state index in [-0.39, 0.29) is 5.91 Å². The molecule has 0 bridgehead atoms. The van der Waals surface area contributed by atoms with Crippen molar-refractivity contribution in [3.05, 3.63) is 18.0 Å². The summed E-state index contributed by atoms with van der Waals surface area (Å²) in [5.74, 6) is 0.0455. The van der Waals surface area contributed by atoms with Gasteiger partial charge in [0.25, 0.3) is 5.91 Å². The third-order valence-corrected chi connectivity index (χ3v) is 3.30. The molecule has 0 saturated heterocycles. The summed E-state index contributed by atoms with van der Waals surface area (Å²) in [7, 11) is 1.88. The summed E-state index contributed by atoms with van der Waals surface area (Å²) in [6.07, 6.45) is 5.37. The second-order valence-corrected chi connectivity index (χ2v) is 4.78. The van der Waals surface area contributed by atoms with Crippen molar-refractivity contribution in [3.8, 4) is 0 Å². The Morgan fingerprint density at radius 2 is 2.25 bits per heavy atom. The number of hydrogen-bond donors (Lipinski definition) is 0. The number of carbonyl (C=O) groups is 1. The Morgan fingerprint density at radius 3 is 2.69 bits per heavy atom. The zero-order valence-electron chi connectivity index (χ0n) is 10.2. The molecule has 1 aliphatic rings. The lowest BCUT2D eigenvalue weighted by molar-refractivity contribution is 0.0645. The zero-order chi connectivity index (χ0) is 11.7. The van der Waals surface area contributed by atoms with Crippen molar-refractivity contribution >= 4 is 5.91 Å². The van der Waals surface area contributed by atoms with Crippen LogP contribution in [0.2, 0.25) is 0 Å². The molecule has 4 heteroatoms. The fourth-order valence-corrected chi connectivity index (χ4v) is 1.86. The first-order valence-corrected chi connectivity index (χ1v) is 5.92. The lowest BCUT2D eigenvalue weighted by Gasteiger charge is -2.34. The summed E-state index contributed by atoms with van der Waals surface area (Å²) in [4.78, 5) is 13.9. The monoisotopic (exact) mass is 221 g/mol. The van der Waals surface area contributed by atoms with Crippen molar-refractivity contribution in [2.45, 2.75) is 45.2 Å². The van der Waals surface area contributed by atoms with Crippen LogP contribution in [0.4, 0.5) is 0 Å². The fraction of sp³-hybridized carbons (Fsp3) is 0.667. The number of amides is 1. The molecule has 1 amide bonds. The summed E-state index contributed by atoms with van der Waals surface area (Å²) < 4.78 is 1.82. The normalized spacial score (nSPS) is 16.2. The van der Waals surface area contributed by atoms with Crippen molar-refractivity contribution in [2.24, 2.45) is 0 Å². The molecule has 1 saturated carbocycles. The number of aromatic nitrogens is 2. The van der Waals surface area contributed by atoms with Gasteiger partial charge in [0.05, 0.1) is 0 Å². The average Bonchev–Trinajstić information content (AvgIpc) is 2.62. The Morgan fingerprint density at radius 1 is 1.56 bits per heavy atom. The maximum absolute atomic E-state index is 12.1. The molecule has 0 N–H and O–H groups in total. The van der Waals surface area contributed by atoms with Crippen LogP contribution in [-0.4, -0.2) is 33.7 Å². The largest absolute Gasteiger partial charge is 0.337 e. The molecule has 2 rings (SSSR count). The van der Waals surface area contributed by atoms with E-state index >= 15 is 0 Å². The predicted octanol–water partition coefficient (Wildman–Crippen LogP) is 2.09. The van der Waals surface area contributed by atoms with Gasteiger partial charge in [0.15, 0.2) is 0 Å². The van der Waals surface area contributed by atoms with Crippen molar-refractivity contribution in [1.82, 2.24) is 14.7 Å². The first-order chi connectivity index (χ1) is 7.59. The molecule has 1 fully saturated rings. The molecule has 0 spiro atoms. The molecule has 0 radical (unpaired) electrons. The van der Waals surface area contributed by atoms with Crippen LogP contribution in [0.3, 0.4) is 0 Å². The molecule has 88 valence electrons. The zero-order valence-corrected chi connectivity index (χ0v) is 10.2. The average molecular weight is 221 g/mol. The summed E-state index contributed by atoms with van der Waals surface area (Å²) in [6.45, 7) is 4.10. The molecule has 0 aliphatic heterocycles. The predicted molar refractivity (Wildman–Crippen MR) is 62.3 cm³/mol. The van der Waals surface area contributed by atoms with Crippen LogP contribution in [0, 0.1) is 0 Å². The van der Waals surface area contributed by atoms with Crippen molar-refractivity contribution in [2.75, 3.05) is 7.05 Å². The Hall–Kier alpha value is -1.32. The minimum absolute atomic E-state index is 0.0455. The van der Waals surface area contributed by atoms with E-state index < -0.39 is 0 Å². The Balaban J connectivity index is 2.07. The molecule has 0 aromatic carbocycles. The second kappa shape index (κ2) is 4.28. The summed E-state index contributed by atoms with van der Waals surface area (Å²) >= 11 is 0. The van der Waals surface area contributed by atoms with Gasteiger partial charge >= 0.3 is 0 Å². The molecule has 1 aromatic rings. The van der Waals surface area contributed by atoms with Gasteiger partial charge in [-0.3, -0.25) is 9.48 Å². The van der Waals surface area contributed by atoms with E-state index in [1.54, 1.807) is 6.07 Å². The number of hydrogen-bond acceptors (Lipinski definition) is 2. The summed E-state index contributed by atoms with van der Waals surface area (Å²) in [5.41, 5.74) is 0.558. The van der Waals surface area contributed by atoms with Crippen LogP contribution in [0.15, 0.2) is 12.3 Å². The van der Waals surface area contributed by atoms with E-state index in [1.165, 1.54) is 6.42 Å². The Kier molecular flexibility index (Phi) is 2.99. The van der Waals surface area contributed by atoms with Gasteiger partial charge in [0.1, 0.15) is 5.69 Å². The van der Waals surface area contributed by atoms with Crippen molar-refractivity contribution < 1.29 is 4.79 Å². The van der Waals surface area contributed by atoms with Crippen LogP contribution in [0.5, 0.6) is 0 Å². The molecule has 1 aliphatic carbocycles. The third-order valence-electron chi connectivity index (χ3n) is 3.30. The van der Waals surface area contributed by atoms with E-state index in [0.717, 1.165) is 12.8 Å². The van der Waals surface area contributed by atoms with E-state index in [1.807, 2.05) is 22.8 Å². The van der Waals surface area contributed by atoms with E-state index in [0.29, 0.717) is 17.8 Å². The summed E-state index contributed by atoms with van der Waals surface area (Å²) in [6, 6.07) is 2.53. The number of rotatable bonds is 3. The van der Waals surface area contributed by atoms with Gasteiger partial charge in [-0.05, 0) is 39.2 Å². The van der Waals surface area contributed by atoms with Gasteiger partial charge in [-0.2, -0.15) is 5.10 Å². The molecular formula is C12H19N3O.